The van der Waals surface area contributed by atoms with Crippen LogP contribution in [0.1, 0.15) is 8.30 Å². The van der Waals surface area contributed by atoms with Gasteiger partial charge in [-0.2, -0.15) is 0 Å². The summed E-state index contributed by atoms with van der Waals surface area (Å²) in [7, 11) is 0. The van der Waals surface area contributed by atoms with Crippen LogP contribution in [0.5, 0.6) is 0 Å². The molecule has 3 N–H and O–H groups in total. The largest absolute Gasteiger partial charge is 0.397 e. The summed E-state index contributed by atoms with van der Waals surface area (Å²) in [5, 5.41) is 2.61. The zero-order chi connectivity index (χ0) is 9.47. The number of aliphatic imine (C=N–C) groups is 1. The van der Waals surface area contributed by atoms with Crippen molar-refractivity contribution in [3.8, 4) is 0 Å². The van der Waals surface area contributed by atoms with E-state index in [1.54, 1.807) is 6.07 Å². The first-order valence-corrected chi connectivity index (χ1v) is 3.30. The van der Waals surface area contributed by atoms with Crippen LogP contribution in [0.2, 0.25) is 0 Å². The van der Waals surface area contributed by atoms with Crippen molar-refractivity contribution in [2.75, 3.05) is 17.7 Å². The number of nitrogens with one attached hydrogen (secondary N) is 1. The summed E-state index contributed by atoms with van der Waals surface area (Å²) in [5.74, 6) is 0. The fourth-order valence-corrected chi connectivity index (χ4v) is 1.03. The van der Waals surface area contributed by atoms with Gasteiger partial charge in [-0.15, -0.1) is 0 Å². The van der Waals surface area contributed by atoms with Crippen LogP contribution in [0.3, 0.4) is 0 Å². The third-order valence-electron chi connectivity index (χ3n) is 1.58. The third-order valence-corrected chi connectivity index (χ3v) is 1.58. The summed E-state index contributed by atoms with van der Waals surface area (Å²) in [4.78, 5) is 3.69. The first kappa shape index (κ1) is 4.38. The number of nitrogens with zero attached hydrogens (tertiary/aromatic N) is 1. The lowest BCUT2D eigenvalue weighted by atomic mass is 10.1. The minimum Gasteiger partial charge on any atom is -0.397 e. The fraction of sp³-hybridized carbons (Fsp3) is 0.125. The van der Waals surface area contributed by atoms with Crippen molar-refractivity contribution in [3.05, 3.63) is 23.8 Å². The van der Waals surface area contributed by atoms with E-state index >= 15 is 0 Å². The number of para-hydroxylation sites is 1. The molecule has 0 fully saturated rings. The molecule has 1 heterocycles. The summed E-state index contributed by atoms with van der Waals surface area (Å²) in [6.07, 6.45) is 1.49. The first-order chi connectivity index (χ1) is 6.08. The van der Waals surface area contributed by atoms with Crippen LogP contribution < -0.4 is 11.1 Å². The number of rotatable bonds is 0. The molecule has 1 aromatic carbocycles. The molecule has 0 saturated carbocycles. The second kappa shape index (κ2) is 2.27. The maximum Gasteiger partial charge on any atom is 0.107 e. The standard InChI is InChI=1S/C8H9N3/c9-7-3-1-2-6-4-10-5-11-8(6)7/h1-4,11H,5,9H2/i5D2. The van der Waals surface area contributed by atoms with E-state index in [-0.39, 0.29) is 0 Å². The molecule has 0 saturated heterocycles. The number of hydrogen-bond donors (Lipinski definition) is 2. The van der Waals surface area contributed by atoms with E-state index in [1.807, 2.05) is 12.1 Å². The maximum atomic E-state index is 7.36. The molecule has 0 aromatic heterocycles. The van der Waals surface area contributed by atoms with E-state index in [9.17, 15) is 0 Å². The van der Waals surface area contributed by atoms with Crippen LogP contribution in [0, 0.1) is 0 Å². The van der Waals surface area contributed by atoms with Gasteiger partial charge in [-0.1, -0.05) is 12.1 Å². The predicted molar refractivity (Wildman–Crippen MR) is 46.9 cm³/mol. The maximum absolute atomic E-state index is 7.36. The molecule has 0 aliphatic carbocycles. The van der Waals surface area contributed by atoms with Gasteiger partial charge in [-0.3, -0.25) is 4.99 Å². The van der Waals surface area contributed by atoms with Gasteiger partial charge in [0.15, 0.2) is 0 Å². The summed E-state index contributed by atoms with van der Waals surface area (Å²) in [6, 6.07) is 5.36. The molecule has 0 bridgehead atoms. The Labute approximate surface area is 67.8 Å². The molecule has 3 nitrogen and oxygen atoms in total. The second-order valence-corrected chi connectivity index (χ2v) is 2.31. The Morgan fingerprint density at radius 3 is 3.45 bits per heavy atom. The highest BCUT2D eigenvalue weighted by Gasteiger charge is 2.05. The van der Waals surface area contributed by atoms with Crippen LogP contribution in [-0.2, 0) is 0 Å². The van der Waals surface area contributed by atoms with Gasteiger partial charge in [0.05, 0.1) is 14.1 Å². The zero-order valence-electron chi connectivity index (χ0n) is 7.83. The molecule has 0 amide bonds. The molecule has 11 heavy (non-hydrogen) atoms. The molecule has 3 heteroatoms. The lowest BCUT2D eigenvalue weighted by Gasteiger charge is -2.13. The Bertz CT molecular complexity index is 374. The van der Waals surface area contributed by atoms with Gasteiger partial charge < -0.3 is 11.1 Å². The van der Waals surface area contributed by atoms with Crippen LogP contribution in [-0.4, -0.2) is 12.8 Å². The number of fused-ring (bicyclic) bond motifs is 1. The molecule has 56 valence electrons. The molecule has 0 atom stereocenters. The van der Waals surface area contributed by atoms with Gasteiger partial charge in [0.25, 0.3) is 0 Å². The average Bonchev–Trinajstić information content (AvgIpc) is 2.06. The van der Waals surface area contributed by atoms with Crippen molar-refractivity contribution in [2.24, 2.45) is 4.99 Å². The Morgan fingerprint density at radius 1 is 1.64 bits per heavy atom. The third kappa shape index (κ3) is 0.941. The fourth-order valence-electron chi connectivity index (χ4n) is 1.03. The highest BCUT2D eigenvalue weighted by Crippen LogP contribution is 2.23. The summed E-state index contributed by atoms with van der Waals surface area (Å²) in [5.41, 5.74) is 7.63. The Kier molecular flexibility index (Phi) is 0.904. The number of nitrogens with two attached hydrogens (primary N) is 1. The molecule has 0 unspecified atom stereocenters. The minimum atomic E-state index is -1.75. The molecule has 1 aliphatic heterocycles. The van der Waals surface area contributed by atoms with Gasteiger partial charge >= 0.3 is 0 Å². The van der Waals surface area contributed by atoms with E-state index in [0.29, 0.717) is 11.4 Å². The molecule has 1 aromatic rings. The Morgan fingerprint density at radius 2 is 2.55 bits per heavy atom. The highest BCUT2D eigenvalue weighted by molar-refractivity contribution is 5.93. The van der Waals surface area contributed by atoms with Gasteiger partial charge in [0.2, 0.25) is 0 Å². The van der Waals surface area contributed by atoms with Gasteiger partial charge in [0, 0.05) is 11.8 Å². The predicted octanol–water partition coefficient (Wildman–Crippen LogP) is 1.07. The summed E-state index contributed by atoms with van der Waals surface area (Å²) >= 11 is 0. The monoisotopic (exact) mass is 149 g/mol. The van der Waals surface area contributed by atoms with Crippen molar-refractivity contribution in [3.63, 3.8) is 0 Å². The van der Waals surface area contributed by atoms with E-state index in [2.05, 4.69) is 10.3 Å². The Balaban J connectivity index is 2.54. The van der Waals surface area contributed by atoms with Crippen molar-refractivity contribution in [2.45, 2.75) is 0 Å². The van der Waals surface area contributed by atoms with E-state index in [0.717, 1.165) is 5.56 Å². The molecule has 0 radical (unpaired) electrons. The van der Waals surface area contributed by atoms with Crippen molar-refractivity contribution < 1.29 is 2.74 Å². The Hall–Kier alpha value is -1.51. The zero-order valence-corrected chi connectivity index (χ0v) is 5.83. The second-order valence-electron chi connectivity index (χ2n) is 2.31. The van der Waals surface area contributed by atoms with Gasteiger partial charge in [-0.25, -0.2) is 0 Å². The quantitative estimate of drug-likeness (QED) is 0.542. The summed E-state index contributed by atoms with van der Waals surface area (Å²) < 4.78 is 14.7. The lowest BCUT2D eigenvalue weighted by molar-refractivity contribution is 1.13. The van der Waals surface area contributed by atoms with Crippen LogP contribution >= 0.6 is 0 Å². The van der Waals surface area contributed by atoms with Crippen molar-refractivity contribution in [1.29, 1.82) is 0 Å². The first-order valence-electron chi connectivity index (χ1n) is 4.30. The molecule has 0 spiro atoms. The molecule has 2 rings (SSSR count). The number of nitrogen functional groups attached to an aromatic ring is 1. The molecular formula is C8H9N3. The van der Waals surface area contributed by atoms with E-state index in [1.165, 1.54) is 6.21 Å². The summed E-state index contributed by atoms with van der Waals surface area (Å²) in [6.45, 7) is -1.75. The molecular weight excluding hydrogens is 138 g/mol. The van der Waals surface area contributed by atoms with Crippen molar-refractivity contribution in [1.82, 2.24) is 0 Å². The molecule has 1 aliphatic rings. The van der Waals surface area contributed by atoms with Crippen molar-refractivity contribution >= 4 is 17.6 Å². The topological polar surface area (TPSA) is 50.4 Å². The smallest absolute Gasteiger partial charge is 0.107 e. The lowest BCUT2D eigenvalue weighted by Crippen LogP contribution is -2.09. The van der Waals surface area contributed by atoms with Gasteiger partial charge in [0.1, 0.15) is 6.62 Å². The normalized spacial score (nSPS) is 21.1. The highest BCUT2D eigenvalue weighted by atomic mass is 15.0. The minimum absolute atomic E-state index is 0.535. The number of benzene rings is 1. The van der Waals surface area contributed by atoms with E-state index < -0.39 is 6.62 Å². The average molecular weight is 149 g/mol. The SMILES string of the molecule is [2H]C1([2H])N=Cc2cccc(N)c2N1. The number of anilines is 2. The van der Waals surface area contributed by atoms with Crippen LogP contribution in [0.25, 0.3) is 0 Å². The van der Waals surface area contributed by atoms with Crippen LogP contribution in [0.15, 0.2) is 23.2 Å². The number of hydrogen-bond acceptors (Lipinski definition) is 3. The van der Waals surface area contributed by atoms with E-state index in [4.69, 9.17) is 8.48 Å². The van der Waals surface area contributed by atoms with Gasteiger partial charge in [-0.05, 0) is 6.07 Å². The van der Waals surface area contributed by atoms with Crippen LogP contribution in [0.4, 0.5) is 11.4 Å².